The Morgan fingerprint density at radius 3 is 2.67 bits per heavy atom. The van der Waals surface area contributed by atoms with Gasteiger partial charge in [-0.25, -0.2) is 0 Å². The summed E-state index contributed by atoms with van der Waals surface area (Å²) in [7, 11) is 1.66. The van der Waals surface area contributed by atoms with Crippen LogP contribution in [0.5, 0.6) is 11.5 Å². The Morgan fingerprint density at radius 1 is 1.33 bits per heavy atom. The predicted molar refractivity (Wildman–Crippen MR) is 84.7 cm³/mol. The molecule has 0 fully saturated rings. The predicted octanol–water partition coefficient (Wildman–Crippen LogP) is 0.127. The molecule has 0 aliphatic carbocycles. The van der Waals surface area contributed by atoms with Crippen molar-refractivity contribution in [1.29, 1.82) is 0 Å². The van der Waals surface area contributed by atoms with Crippen LogP contribution < -0.4 is 15.2 Å². The fourth-order valence-electron chi connectivity index (χ4n) is 2.20. The highest BCUT2D eigenvalue weighted by Gasteiger charge is 2.28. The Morgan fingerprint density at radius 2 is 2.00 bits per heavy atom. The van der Waals surface area contributed by atoms with Crippen LogP contribution in [-0.2, 0) is 9.53 Å². The van der Waals surface area contributed by atoms with Gasteiger partial charge in [0.1, 0.15) is 6.04 Å². The number of Topliss-reactive ketones (excluding diaryl/α,β-unsaturated/α-hetero) is 1. The number of carbonyl (C=O) groups is 2. The van der Waals surface area contributed by atoms with E-state index >= 15 is 0 Å². The van der Waals surface area contributed by atoms with Gasteiger partial charge in [-0.1, -0.05) is 0 Å². The standard InChI is InChI=1S/C16H22N2O6/c1-9(18(3)10(2)24-16(21)12(17)7-19)15(20)11-4-5-13-14(6-11)23-8-22-13/h4-6,9-10,12,19H,7-8,17H2,1-3H3. The average molecular weight is 338 g/mol. The highest BCUT2D eigenvalue weighted by Crippen LogP contribution is 2.33. The summed E-state index contributed by atoms with van der Waals surface area (Å²) in [6.07, 6.45) is -0.678. The zero-order valence-electron chi connectivity index (χ0n) is 13.9. The average Bonchev–Trinajstić information content (AvgIpc) is 3.06. The van der Waals surface area contributed by atoms with Crippen LogP contribution in [0.25, 0.3) is 0 Å². The maximum absolute atomic E-state index is 12.6. The number of ketones is 1. The molecular weight excluding hydrogens is 316 g/mol. The number of ether oxygens (including phenoxy) is 3. The number of hydrogen-bond donors (Lipinski definition) is 2. The van der Waals surface area contributed by atoms with Crippen LogP contribution in [0.2, 0.25) is 0 Å². The largest absolute Gasteiger partial charge is 0.454 e. The minimum Gasteiger partial charge on any atom is -0.454 e. The molecule has 0 amide bonds. The van der Waals surface area contributed by atoms with Crippen LogP contribution in [0, 0.1) is 0 Å². The SMILES string of the molecule is CC(OC(=O)C(N)CO)N(C)C(C)C(=O)c1ccc2c(c1)OCO2. The lowest BCUT2D eigenvalue weighted by atomic mass is 10.0. The van der Waals surface area contributed by atoms with Gasteiger partial charge in [0.15, 0.2) is 23.5 Å². The molecule has 1 aromatic carbocycles. The molecule has 0 bridgehead atoms. The molecule has 0 saturated heterocycles. The number of rotatable bonds is 7. The van der Waals surface area contributed by atoms with Crippen LogP contribution in [0.3, 0.4) is 0 Å². The van der Waals surface area contributed by atoms with E-state index in [-0.39, 0.29) is 12.6 Å². The minimum absolute atomic E-state index is 0.139. The normalized spacial score (nSPS) is 16.6. The van der Waals surface area contributed by atoms with Gasteiger partial charge in [-0.15, -0.1) is 0 Å². The van der Waals surface area contributed by atoms with E-state index in [2.05, 4.69) is 0 Å². The molecule has 3 atom stereocenters. The van der Waals surface area contributed by atoms with Crippen molar-refractivity contribution >= 4 is 11.8 Å². The summed E-state index contributed by atoms with van der Waals surface area (Å²) in [4.78, 5) is 25.9. The molecule has 0 saturated carbocycles. The first-order valence-electron chi connectivity index (χ1n) is 7.58. The maximum atomic E-state index is 12.6. The van der Waals surface area contributed by atoms with Gasteiger partial charge in [-0.2, -0.15) is 0 Å². The molecule has 2 rings (SSSR count). The van der Waals surface area contributed by atoms with Crippen molar-refractivity contribution < 1.29 is 28.9 Å². The first kappa shape index (κ1) is 18.2. The molecule has 132 valence electrons. The third-order valence-electron chi connectivity index (χ3n) is 4.01. The minimum atomic E-state index is -1.10. The Hall–Kier alpha value is -2.16. The van der Waals surface area contributed by atoms with Crippen LogP contribution in [0.4, 0.5) is 0 Å². The Balaban J connectivity index is 2.02. The van der Waals surface area contributed by atoms with Crippen molar-refractivity contribution in [3.8, 4) is 11.5 Å². The first-order valence-corrected chi connectivity index (χ1v) is 7.58. The maximum Gasteiger partial charge on any atom is 0.326 e. The fourth-order valence-corrected chi connectivity index (χ4v) is 2.20. The number of likely N-dealkylation sites (N-methyl/N-ethyl adjacent to an activating group) is 1. The zero-order chi connectivity index (χ0) is 17.9. The fraction of sp³-hybridized carbons (Fsp3) is 0.500. The van der Waals surface area contributed by atoms with E-state index in [9.17, 15) is 9.59 Å². The number of carbonyl (C=O) groups excluding carboxylic acids is 2. The van der Waals surface area contributed by atoms with Crippen LogP contribution in [-0.4, -0.2) is 60.5 Å². The molecule has 1 heterocycles. The molecule has 0 radical (unpaired) electrons. The highest BCUT2D eigenvalue weighted by molar-refractivity contribution is 6.00. The Labute approximate surface area is 140 Å². The van der Waals surface area contributed by atoms with Crippen LogP contribution >= 0.6 is 0 Å². The number of hydrogen-bond acceptors (Lipinski definition) is 8. The molecule has 1 aliphatic heterocycles. The number of benzene rings is 1. The van der Waals surface area contributed by atoms with E-state index in [0.29, 0.717) is 17.1 Å². The monoisotopic (exact) mass is 338 g/mol. The van der Waals surface area contributed by atoms with Crippen molar-refractivity contribution in [2.24, 2.45) is 5.73 Å². The molecule has 3 unspecified atom stereocenters. The number of nitrogens with two attached hydrogens (primary N) is 1. The summed E-state index contributed by atoms with van der Waals surface area (Å²) in [5, 5.41) is 8.86. The second-order valence-corrected chi connectivity index (χ2v) is 5.60. The van der Waals surface area contributed by atoms with Gasteiger partial charge in [0.25, 0.3) is 0 Å². The molecule has 0 spiro atoms. The smallest absolute Gasteiger partial charge is 0.326 e. The molecule has 8 heteroatoms. The molecule has 8 nitrogen and oxygen atoms in total. The number of fused-ring (bicyclic) bond motifs is 1. The van der Waals surface area contributed by atoms with Gasteiger partial charge >= 0.3 is 5.97 Å². The third-order valence-corrected chi connectivity index (χ3v) is 4.01. The van der Waals surface area contributed by atoms with Crippen molar-refractivity contribution in [2.45, 2.75) is 32.2 Å². The Bertz CT molecular complexity index is 621. The lowest BCUT2D eigenvalue weighted by Crippen LogP contribution is -2.46. The van der Waals surface area contributed by atoms with E-state index in [1.54, 1.807) is 44.0 Å². The molecule has 3 N–H and O–H groups in total. The summed E-state index contributed by atoms with van der Waals surface area (Å²) < 4.78 is 15.6. The van der Waals surface area contributed by atoms with Gasteiger partial charge < -0.3 is 25.1 Å². The van der Waals surface area contributed by atoms with Crippen molar-refractivity contribution in [1.82, 2.24) is 4.90 Å². The summed E-state index contributed by atoms with van der Waals surface area (Å²) in [6, 6.07) is 3.34. The highest BCUT2D eigenvalue weighted by atomic mass is 16.7. The van der Waals surface area contributed by atoms with Gasteiger partial charge in [0.2, 0.25) is 6.79 Å². The van der Waals surface area contributed by atoms with E-state index in [4.69, 9.17) is 25.1 Å². The zero-order valence-corrected chi connectivity index (χ0v) is 13.9. The molecule has 24 heavy (non-hydrogen) atoms. The van der Waals surface area contributed by atoms with Gasteiger partial charge in [-0.3, -0.25) is 14.5 Å². The number of nitrogens with zero attached hydrogens (tertiary/aromatic N) is 1. The van der Waals surface area contributed by atoms with E-state index in [0.717, 1.165) is 0 Å². The molecule has 0 aromatic heterocycles. The lowest BCUT2D eigenvalue weighted by Gasteiger charge is -2.30. The molecule has 1 aliphatic rings. The van der Waals surface area contributed by atoms with Crippen molar-refractivity contribution in [2.75, 3.05) is 20.4 Å². The summed E-state index contributed by atoms with van der Waals surface area (Å²) in [5.41, 5.74) is 5.88. The number of esters is 1. The van der Waals surface area contributed by atoms with Crippen LogP contribution in [0.1, 0.15) is 24.2 Å². The Kier molecular flexibility index (Phi) is 5.76. The summed E-state index contributed by atoms with van der Waals surface area (Å²) >= 11 is 0. The van der Waals surface area contributed by atoms with E-state index < -0.39 is 30.9 Å². The quantitative estimate of drug-likeness (QED) is 0.410. The van der Waals surface area contributed by atoms with E-state index in [1.165, 1.54) is 0 Å². The third kappa shape index (κ3) is 3.84. The number of aliphatic hydroxyl groups excluding tert-OH is 1. The second kappa shape index (κ2) is 7.61. The topological polar surface area (TPSA) is 111 Å². The second-order valence-electron chi connectivity index (χ2n) is 5.60. The van der Waals surface area contributed by atoms with Gasteiger partial charge in [0, 0.05) is 5.56 Å². The summed E-state index contributed by atoms with van der Waals surface area (Å²) in [5.74, 6) is 0.265. The van der Waals surface area contributed by atoms with Crippen molar-refractivity contribution in [3.05, 3.63) is 23.8 Å². The molecular formula is C16H22N2O6. The van der Waals surface area contributed by atoms with Crippen molar-refractivity contribution in [3.63, 3.8) is 0 Å². The summed E-state index contributed by atoms with van der Waals surface area (Å²) in [6.45, 7) is 2.98. The van der Waals surface area contributed by atoms with Gasteiger partial charge in [0.05, 0.1) is 12.6 Å². The lowest BCUT2D eigenvalue weighted by molar-refractivity contribution is -0.159. The van der Waals surface area contributed by atoms with Gasteiger partial charge in [-0.05, 0) is 39.1 Å². The first-order chi connectivity index (χ1) is 11.3. The van der Waals surface area contributed by atoms with E-state index in [1.807, 2.05) is 0 Å². The molecule has 1 aromatic rings. The van der Waals surface area contributed by atoms with Crippen LogP contribution in [0.15, 0.2) is 18.2 Å². The number of aliphatic hydroxyl groups is 1.